The fourth-order valence-corrected chi connectivity index (χ4v) is 3.01. The van der Waals surface area contributed by atoms with Gasteiger partial charge in [0.1, 0.15) is 10.5 Å². The summed E-state index contributed by atoms with van der Waals surface area (Å²) in [5.41, 5.74) is 1.69. The van der Waals surface area contributed by atoms with Gasteiger partial charge >= 0.3 is 0 Å². The highest BCUT2D eigenvalue weighted by atomic mass is 32.2. The molecule has 0 unspecified atom stereocenters. The van der Waals surface area contributed by atoms with Crippen LogP contribution in [-0.2, 0) is 16.4 Å². The molecule has 0 fully saturated rings. The Kier molecular flexibility index (Phi) is 3.68. The van der Waals surface area contributed by atoms with Crippen molar-refractivity contribution in [1.82, 2.24) is 19.1 Å². The molecule has 0 atom stereocenters. The molecule has 108 valence electrons. The molecule has 0 aliphatic carbocycles. The maximum atomic E-state index is 12.0. The normalized spacial score (nSPS) is 11.8. The van der Waals surface area contributed by atoms with E-state index in [1.165, 1.54) is 18.5 Å². The molecule has 0 radical (unpaired) electrons. The number of imidazole rings is 1. The van der Waals surface area contributed by atoms with Crippen molar-refractivity contribution >= 4 is 15.7 Å². The summed E-state index contributed by atoms with van der Waals surface area (Å²) in [4.78, 5) is 8.40. The zero-order valence-electron chi connectivity index (χ0n) is 11.2. The molecule has 0 spiro atoms. The Balaban J connectivity index is 1.66. The monoisotopic (exact) mass is 302 g/mol. The van der Waals surface area contributed by atoms with Gasteiger partial charge in [-0.2, -0.15) is 0 Å². The summed E-state index contributed by atoms with van der Waals surface area (Å²) < 4.78 is 28.5. The summed E-state index contributed by atoms with van der Waals surface area (Å²) in [5, 5.41) is 0. The number of hydrogen-bond donors (Lipinski definition) is 1. The average molecular weight is 302 g/mol. The minimum absolute atomic E-state index is 0.167. The number of fused-ring (bicyclic) bond motifs is 1. The van der Waals surface area contributed by atoms with E-state index in [0.29, 0.717) is 13.0 Å². The van der Waals surface area contributed by atoms with Gasteiger partial charge in [-0.15, -0.1) is 0 Å². The SMILES string of the molecule is O=S(=O)(NCCc1cn2ccccc2n1)c1cccnc1. The minimum atomic E-state index is -3.51. The summed E-state index contributed by atoms with van der Waals surface area (Å²) in [7, 11) is -3.51. The standard InChI is InChI=1S/C14H14N4O2S/c19-21(20,13-4-3-7-15-10-13)16-8-6-12-11-18-9-2-1-5-14(18)17-12/h1-5,7,9-11,16H,6,8H2. The maximum Gasteiger partial charge on any atom is 0.242 e. The fourth-order valence-electron chi connectivity index (χ4n) is 2.01. The number of pyridine rings is 2. The van der Waals surface area contributed by atoms with E-state index in [2.05, 4.69) is 14.7 Å². The fraction of sp³-hybridized carbons (Fsp3) is 0.143. The van der Waals surface area contributed by atoms with Crippen LogP contribution < -0.4 is 4.72 Å². The molecule has 1 N–H and O–H groups in total. The molecule has 3 aromatic heterocycles. The van der Waals surface area contributed by atoms with E-state index in [1.54, 1.807) is 6.07 Å². The van der Waals surface area contributed by atoms with Gasteiger partial charge < -0.3 is 4.40 Å². The predicted octanol–water partition coefficient (Wildman–Crippen LogP) is 1.25. The van der Waals surface area contributed by atoms with Gasteiger partial charge in [-0.05, 0) is 24.3 Å². The molecule has 6 nitrogen and oxygen atoms in total. The van der Waals surface area contributed by atoms with E-state index in [0.717, 1.165) is 11.3 Å². The molecular weight excluding hydrogens is 288 g/mol. The Labute approximate surface area is 122 Å². The van der Waals surface area contributed by atoms with E-state index >= 15 is 0 Å². The topological polar surface area (TPSA) is 76.4 Å². The van der Waals surface area contributed by atoms with E-state index < -0.39 is 10.0 Å². The van der Waals surface area contributed by atoms with Crippen molar-refractivity contribution in [3.63, 3.8) is 0 Å². The smallest absolute Gasteiger partial charge is 0.242 e. The van der Waals surface area contributed by atoms with Crippen LogP contribution in [0.1, 0.15) is 5.69 Å². The first-order valence-electron chi connectivity index (χ1n) is 6.47. The molecule has 0 aliphatic heterocycles. The largest absolute Gasteiger partial charge is 0.307 e. The van der Waals surface area contributed by atoms with Crippen LogP contribution in [0.25, 0.3) is 5.65 Å². The van der Waals surface area contributed by atoms with E-state index in [-0.39, 0.29) is 4.90 Å². The average Bonchev–Trinajstić information content (AvgIpc) is 2.90. The summed E-state index contributed by atoms with van der Waals surface area (Å²) in [5.74, 6) is 0. The minimum Gasteiger partial charge on any atom is -0.307 e. The van der Waals surface area contributed by atoms with Crippen LogP contribution in [0.15, 0.2) is 60.0 Å². The Hall–Kier alpha value is -2.25. The Morgan fingerprint density at radius 1 is 1.19 bits per heavy atom. The van der Waals surface area contributed by atoms with Crippen LogP contribution >= 0.6 is 0 Å². The molecule has 0 saturated heterocycles. The third-order valence-corrected chi connectivity index (χ3v) is 4.48. The Bertz CT molecular complexity index is 811. The van der Waals surface area contributed by atoms with Crippen LogP contribution in [0.4, 0.5) is 0 Å². The van der Waals surface area contributed by atoms with Gasteiger partial charge in [-0.3, -0.25) is 4.98 Å². The molecule has 3 heterocycles. The lowest BCUT2D eigenvalue weighted by Crippen LogP contribution is -2.26. The summed E-state index contributed by atoms with van der Waals surface area (Å²) in [6.45, 7) is 0.293. The van der Waals surface area contributed by atoms with Gasteiger partial charge in [-0.25, -0.2) is 18.1 Å². The number of sulfonamides is 1. The van der Waals surface area contributed by atoms with Crippen molar-refractivity contribution in [3.8, 4) is 0 Å². The molecule has 0 amide bonds. The first-order valence-corrected chi connectivity index (χ1v) is 7.96. The van der Waals surface area contributed by atoms with Gasteiger partial charge in [0.25, 0.3) is 0 Å². The molecule has 0 bridgehead atoms. The van der Waals surface area contributed by atoms with Crippen LogP contribution in [0.3, 0.4) is 0 Å². The lowest BCUT2D eigenvalue weighted by atomic mass is 10.3. The van der Waals surface area contributed by atoms with Crippen LogP contribution in [0.2, 0.25) is 0 Å². The third-order valence-electron chi connectivity index (χ3n) is 3.03. The lowest BCUT2D eigenvalue weighted by Gasteiger charge is -2.04. The number of hydrogen-bond acceptors (Lipinski definition) is 4. The highest BCUT2D eigenvalue weighted by molar-refractivity contribution is 7.89. The van der Waals surface area contributed by atoms with E-state index in [1.807, 2.05) is 35.0 Å². The number of aromatic nitrogens is 3. The van der Waals surface area contributed by atoms with Crippen LogP contribution in [0.5, 0.6) is 0 Å². The van der Waals surface area contributed by atoms with Gasteiger partial charge in [0.15, 0.2) is 0 Å². The van der Waals surface area contributed by atoms with Gasteiger partial charge in [-0.1, -0.05) is 6.07 Å². The first-order chi connectivity index (χ1) is 10.1. The highest BCUT2D eigenvalue weighted by Crippen LogP contribution is 2.07. The second-order valence-electron chi connectivity index (χ2n) is 4.53. The molecule has 7 heteroatoms. The van der Waals surface area contributed by atoms with E-state index in [4.69, 9.17) is 0 Å². The summed E-state index contributed by atoms with van der Waals surface area (Å²) in [6, 6.07) is 8.85. The molecule has 0 saturated carbocycles. The summed E-state index contributed by atoms with van der Waals surface area (Å²) in [6.07, 6.45) is 7.20. The van der Waals surface area contributed by atoms with Crippen LogP contribution in [0, 0.1) is 0 Å². The molecule has 3 rings (SSSR count). The Morgan fingerprint density at radius 2 is 2.10 bits per heavy atom. The van der Waals surface area contributed by atoms with Crippen molar-refractivity contribution in [1.29, 1.82) is 0 Å². The third kappa shape index (κ3) is 3.09. The molecular formula is C14H14N4O2S. The van der Waals surface area contributed by atoms with E-state index in [9.17, 15) is 8.42 Å². The number of nitrogens with zero attached hydrogens (tertiary/aromatic N) is 3. The molecule has 21 heavy (non-hydrogen) atoms. The zero-order chi connectivity index (χ0) is 14.7. The zero-order valence-corrected chi connectivity index (χ0v) is 12.0. The second-order valence-corrected chi connectivity index (χ2v) is 6.30. The van der Waals surface area contributed by atoms with Crippen LogP contribution in [-0.4, -0.2) is 29.3 Å². The van der Waals surface area contributed by atoms with Gasteiger partial charge in [0.05, 0.1) is 5.69 Å². The highest BCUT2D eigenvalue weighted by Gasteiger charge is 2.13. The Morgan fingerprint density at radius 3 is 2.86 bits per heavy atom. The summed E-state index contributed by atoms with van der Waals surface area (Å²) >= 11 is 0. The maximum absolute atomic E-state index is 12.0. The van der Waals surface area contributed by atoms with Gasteiger partial charge in [0.2, 0.25) is 10.0 Å². The molecule has 0 aromatic carbocycles. The molecule has 0 aliphatic rings. The first kappa shape index (κ1) is 13.7. The van der Waals surface area contributed by atoms with Crippen molar-refractivity contribution in [2.75, 3.05) is 6.54 Å². The molecule has 3 aromatic rings. The van der Waals surface area contributed by atoms with Gasteiger partial charge in [0, 0.05) is 37.8 Å². The van der Waals surface area contributed by atoms with Crippen molar-refractivity contribution in [2.24, 2.45) is 0 Å². The number of nitrogens with one attached hydrogen (secondary N) is 1. The quantitative estimate of drug-likeness (QED) is 0.769. The van der Waals surface area contributed by atoms with Crippen molar-refractivity contribution in [2.45, 2.75) is 11.3 Å². The lowest BCUT2D eigenvalue weighted by molar-refractivity contribution is 0.581. The van der Waals surface area contributed by atoms with Crippen molar-refractivity contribution < 1.29 is 8.42 Å². The predicted molar refractivity (Wildman–Crippen MR) is 78.3 cm³/mol. The number of rotatable bonds is 5. The second kappa shape index (κ2) is 5.63. The van der Waals surface area contributed by atoms with Crippen molar-refractivity contribution in [3.05, 3.63) is 60.8 Å².